The summed E-state index contributed by atoms with van der Waals surface area (Å²) in [5.74, 6) is -1.39. The molecule has 0 aromatic rings. The summed E-state index contributed by atoms with van der Waals surface area (Å²) < 4.78 is 29.4. The summed E-state index contributed by atoms with van der Waals surface area (Å²) in [4.78, 5) is 44.6. The van der Waals surface area contributed by atoms with Crippen LogP contribution in [0, 0.1) is 0 Å². The number of hydrogen-bond donors (Lipinski definition) is 5. The predicted octanol–water partition coefficient (Wildman–Crippen LogP) is -0.172. The van der Waals surface area contributed by atoms with E-state index >= 15 is 0 Å². The SMILES string of the molecule is CC(CCOP(=O)(O)O)(CC(=O)O)OP(=O)(O)O. The quantitative estimate of drug-likeness (QED) is 0.379. The van der Waals surface area contributed by atoms with Gasteiger partial charge in [0.1, 0.15) is 0 Å². The molecule has 108 valence electrons. The first-order valence-electron chi connectivity index (χ1n) is 4.51. The maximum atomic E-state index is 10.7. The summed E-state index contributed by atoms with van der Waals surface area (Å²) >= 11 is 0. The molecule has 0 aliphatic carbocycles. The Morgan fingerprint density at radius 1 is 1.17 bits per heavy atom. The lowest BCUT2D eigenvalue weighted by molar-refractivity contribution is -0.141. The van der Waals surface area contributed by atoms with E-state index in [1.54, 1.807) is 0 Å². The van der Waals surface area contributed by atoms with Crippen molar-refractivity contribution in [3.8, 4) is 0 Å². The molecule has 0 aliphatic heterocycles. The van der Waals surface area contributed by atoms with Crippen molar-refractivity contribution < 1.29 is 47.7 Å². The molecular formula is C6H14O10P2. The zero-order chi connectivity index (χ0) is 14.6. The number of hydrogen-bond acceptors (Lipinski definition) is 5. The fourth-order valence-corrected chi connectivity index (χ4v) is 2.21. The van der Waals surface area contributed by atoms with Gasteiger partial charge in [-0.15, -0.1) is 0 Å². The number of carboxylic acids is 1. The van der Waals surface area contributed by atoms with Crippen LogP contribution in [-0.2, 0) is 23.0 Å². The summed E-state index contributed by atoms with van der Waals surface area (Å²) in [7, 11) is -9.67. The Labute approximate surface area is 102 Å². The van der Waals surface area contributed by atoms with E-state index in [0.29, 0.717) is 0 Å². The molecule has 0 saturated carbocycles. The number of phosphoric ester groups is 2. The summed E-state index contributed by atoms with van der Waals surface area (Å²) in [6.45, 7) is 0.470. The monoisotopic (exact) mass is 308 g/mol. The van der Waals surface area contributed by atoms with Gasteiger partial charge in [-0.2, -0.15) is 0 Å². The molecule has 0 aromatic carbocycles. The van der Waals surface area contributed by atoms with Crippen LogP contribution in [0.4, 0.5) is 0 Å². The third-order valence-corrected chi connectivity index (χ3v) is 2.95. The predicted molar refractivity (Wildman–Crippen MR) is 56.4 cm³/mol. The van der Waals surface area contributed by atoms with Gasteiger partial charge in [-0.25, -0.2) is 9.13 Å². The minimum absolute atomic E-state index is 0.421. The Hall–Kier alpha value is -0.310. The van der Waals surface area contributed by atoms with Gasteiger partial charge in [0.25, 0.3) is 0 Å². The molecule has 10 nitrogen and oxygen atoms in total. The highest BCUT2D eigenvalue weighted by molar-refractivity contribution is 7.46. The van der Waals surface area contributed by atoms with Crippen LogP contribution in [0.5, 0.6) is 0 Å². The first kappa shape index (κ1) is 17.7. The molecule has 0 fully saturated rings. The second-order valence-corrected chi connectivity index (χ2v) is 6.08. The van der Waals surface area contributed by atoms with Crippen molar-refractivity contribution >= 4 is 21.6 Å². The molecule has 0 bridgehead atoms. The highest BCUT2D eigenvalue weighted by atomic mass is 31.2. The fourth-order valence-electron chi connectivity index (χ4n) is 1.15. The van der Waals surface area contributed by atoms with Crippen LogP contribution in [0.2, 0.25) is 0 Å². The maximum Gasteiger partial charge on any atom is 0.470 e. The summed E-state index contributed by atoms with van der Waals surface area (Å²) in [5.41, 5.74) is -1.81. The minimum atomic E-state index is -4.94. The smallest absolute Gasteiger partial charge is 0.470 e. The summed E-state index contributed by atoms with van der Waals surface area (Å²) in [6.07, 6.45) is -1.18. The van der Waals surface area contributed by atoms with Gasteiger partial charge in [0.2, 0.25) is 0 Å². The Balaban J connectivity index is 4.63. The van der Waals surface area contributed by atoms with Crippen LogP contribution in [-0.4, -0.2) is 42.9 Å². The molecule has 0 aromatic heterocycles. The molecule has 0 heterocycles. The lowest BCUT2D eigenvalue weighted by Gasteiger charge is -2.27. The molecule has 0 saturated heterocycles. The van der Waals surface area contributed by atoms with Gasteiger partial charge in [0, 0.05) is 6.42 Å². The van der Waals surface area contributed by atoms with E-state index in [1.807, 2.05) is 0 Å². The Kier molecular flexibility index (Phi) is 6.12. The number of phosphoric acid groups is 2. The van der Waals surface area contributed by atoms with Crippen LogP contribution in [0.25, 0.3) is 0 Å². The highest BCUT2D eigenvalue weighted by Crippen LogP contribution is 2.44. The molecule has 18 heavy (non-hydrogen) atoms. The molecule has 1 unspecified atom stereocenters. The third kappa shape index (κ3) is 9.69. The zero-order valence-electron chi connectivity index (χ0n) is 9.29. The summed E-state index contributed by atoms with van der Waals surface area (Å²) in [5, 5.41) is 8.58. The Morgan fingerprint density at radius 3 is 2.00 bits per heavy atom. The topological polar surface area (TPSA) is 171 Å². The van der Waals surface area contributed by atoms with Crippen molar-refractivity contribution in [2.24, 2.45) is 0 Å². The van der Waals surface area contributed by atoms with E-state index in [9.17, 15) is 13.9 Å². The Morgan fingerprint density at radius 2 is 1.67 bits per heavy atom. The average Bonchev–Trinajstić information content (AvgIpc) is 1.93. The second-order valence-electron chi connectivity index (χ2n) is 3.68. The molecule has 5 N–H and O–H groups in total. The van der Waals surface area contributed by atoms with Crippen LogP contribution < -0.4 is 0 Å². The molecule has 0 radical (unpaired) electrons. The van der Waals surface area contributed by atoms with Gasteiger partial charge >= 0.3 is 21.6 Å². The van der Waals surface area contributed by atoms with Gasteiger partial charge in [-0.1, -0.05) is 0 Å². The standard InChI is InChI=1S/C6H14O10P2/c1-6(4-5(7)8,16-18(12,13)14)2-3-15-17(9,10)11/h2-4H2,1H3,(H,7,8)(H2,9,10,11)(H2,12,13,14). The van der Waals surface area contributed by atoms with Crippen molar-refractivity contribution in [1.82, 2.24) is 0 Å². The average molecular weight is 308 g/mol. The van der Waals surface area contributed by atoms with Gasteiger partial charge in [0.05, 0.1) is 18.6 Å². The minimum Gasteiger partial charge on any atom is -0.481 e. The first-order valence-corrected chi connectivity index (χ1v) is 7.57. The van der Waals surface area contributed by atoms with Crippen LogP contribution >= 0.6 is 15.6 Å². The van der Waals surface area contributed by atoms with Crippen LogP contribution in [0.3, 0.4) is 0 Å². The lowest BCUT2D eigenvalue weighted by Crippen LogP contribution is -2.32. The van der Waals surface area contributed by atoms with Crippen molar-refractivity contribution in [2.45, 2.75) is 25.4 Å². The van der Waals surface area contributed by atoms with Gasteiger partial charge in [-0.3, -0.25) is 13.8 Å². The first-order chi connectivity index (χ1) is 7.83. The molecule has 12 heteroatoms. The van der Waals surface area contributed by atoms with E-state index in [-0.39, 0.29) is 0 Å². The Bertz CT molecular complexity index is 382. The molecule has 1 atom stereocenters. The largest absolute Gasteiger partial charge is 0.481 e. The molecule has 0 aliphatic rings. The van der Waals surface area contributed by atoms with E-state index in [2.05, 4.69) is 9.05 Å². The highest BCUT2D eigenvalue weighted by Gasteiger charge is 2.36. The van der Waals surface area contributed by atoms with Crippen molar-refractivity contribution in [3.05, 3.63) is 0 Å². The van der Waals surface area contributed by atoms with Gasteiger partial charge < -0.3 is 24.7 Å². The van der Waals surface area contributed by atoms with E-state index in [4.69, 9.17) is 24.7 Å². The zero-order valence-corrected chi connectivity index (χ0v) is 11.1. The molecule has 0 amide bonds. The van der Waals surface area contributed by atoms with Crippen molar-refractivity contribution in [3.63, 3.8) is 0 Å². The van der Waals surface area contributed by atoms with Crippen molar-refractivity contribution in [1.29, 1.82) is 0 Å². The molecule has 0 rings (SSSR count). The van der Waals surface area contributed by atoms with E-state index in [1.165, 1.54) is 0 Å². The maximum absolute atomic E-state index is 10.7. The fraction of sp³-hybridized carbons (Fsp3) is 0.833. The van der Waals surface area contributed by atoms with Gasteiger partial charge in [-0.05, 0) is 6.92 Å². The summed E-state index contributed by atoms with van der Waals surface area (Å²) in [6, 6.07) is 0. The number of rotatable bonds is 8. The second kappa shape index (κ2) is 6.23. The normalized spacial score (nSPS) is 16.3. The van der Waals surface area contributed by atoms with Gasteiger partial charge in [0.15, 0.2) is 0 Å². The van der Waals surface area contributed by atoms with E-state index in [0.717, 1.165) is 6.92 Å². The van der Waals surface area contributed by atoms with Crippen LogP contribution in [0.15, 0.2) is 0 Å². The molecule has 0 spiro atoms. The van der Waals surface area contributed by atoms with Crippen molar-refractivity contribution in [2.75, 3.05) is 6.61 Å². The lowest BCUT2D eigenvalue weighted by atomic mass is 9.99. The molecular weight excluding hydrogens is 294 g/mol. The third-order valence-electron chi connectivity index (χ3n) is 1.75. The number of aliphatic carboxylic acids is 1. The number of carbonyl (C=O) groups is 1. The number of carboxylic acid groups (broad SMARTS) is 1. The van der Waals surface area contributed by atoms with Crippen LogP contribution in [0.1, 0.15) is 19.8 Å². The van der Waals surface area contributed by atoms with E-state index < -0.39 is 46.7 Å².